The Morgan fingerprint density at radius 3 is 2.70 bits per heavy atom. The van der Waals surface area contributed by atoms with Crippen LogP contribution in [0.5, 0.6) is 5.75 Å². The maximum absolute atomic E-state index is 10.3. The van der Waals surface area contributed by atoms with Gasteiger partial charge in [-0.3, -0.25) is 5.43 Å². The number of benzene rings is 3. The van der Waals surface area contributed by atoms with Crippen LogP contribution < -0.4 is 5.43 Å². The summed E-state index contributed by atoms with van der Waals surface area (Å²) in [5.41, 5.74) is 4.18. The van der Waals surface area contributed by atoms with Crippen molar-refractivity contribution in [3.63, 3.8) is 0 Å². The second-order valence-corrected chi connectivity index (χ2v) is 5.97. The minimum absolute atomic E-state index is 0.159. The molecule has 0 saturated carbocycles. The van der Waals surface area contributed by atoms with Crippen molar-refractivity contribution >= 4 is 43.1 Å². The third-order valence-electron chi connectivity index (χ3n) is 3.49. The zero-order chi connectivity index (χ0) is 15.6. The van der Waals surface area contributed by atoms with Gasteiger partial charge >= 0.3 is 0 Å². The molecular weight excluding hydrogens is 308 g/mol. The first-order chi connectivity index (χ1) is 11.3. The number of nitrogens with zero attached hydrogens (tertiary/aromatic N) is 3. The summed E-state index contributed by atoms with van der Waals surface area (Å²) < 4.78 is 1.06. The number of nitrogens with one attached hydrogen (secondary N) is 1. The van der Waals surface area contributed by atoms with E-state index < -0.39 is 0 Å². The van der Waals surface area contributed by atoms with Gasteiger partial charge in [0.15, 0.2) is 0 Å². The molecule has 0 radical (unpaired) electrons. The van der Waals surface area contributed by atoms with Crippen LogP contribution in [0.4, 0.5) is 10.8 Å². The predicted octanol–water partition coefficient (Wildman–Crippen LogP) is 5.27. The highest BCUT2D eigenvalue weighted by atomic mass is 32.1. The summed E-state index contributed by atoms with van der Waals surface area (Å²) in [5.74, 6) is 0.159. The number of aromatic hydroxyl groups is 1. The standard InChI is InChI=1S/C17H12N4OS/c22-16-12-6-2-1-5-11(12)9-10-14(16)19-21-20-17-18-13-7-3-4-8-15(13)23-17/h1-10,22H,(H,18,19,20). The Morgan fingerprint density at radius 1 is 0.957 bits per heavy atom. The number of hydrogen-bond acceptors (Lipinski definition) is 5. The normalized spacial score (nSPS) is 11.5. The number of phenolic OH excluding ortho intramolecular Hbond substituents is 1. The monoisotopic (exact) mass is 320 g/mol. The van der Waals surface area contributed by atoms with Crippen LogP contribution in [0, 0.1) is 0 Å². The van der Waals surface area contributed by atoms with E-state index in [1.807, 2.05) is 54.6 Å². The van der Waals surface area contributed by atoms with Gasteiger partial charge in [0.05, 0.1) is 10.2 Å². The highest BCUT2D eigenvalue weighted by Crippen LogP contribution is 2.33. The molecule has 0 amide bonds. The van der Waals surface area contributed by atoms with Crippen molar-refractivity contribution in [2.45, 2.75) is 0 Å². The van der Waals surface area contributed by atoms with E-state index in [0.717, 1.165) is 21.0 Å². The number of thiazole rings is 1. The van der Waals surface area contributed by atoms with E-state index in [4.69, 9.17) is 0 Å². The molecular formula is C17H12N4OS. The summed E-state index contributed by atoms with van der Waals surface area (Å²) >= 11 is 1.47. The predicted molar refractivity (Wildman–Crippen MR) is 93.4 cm³/mol. The van der Waals surface area contributed by atoms with Gasteiger partial charge in [-0.05, 0) is 23.6 Å². The minimum atomic E-state index is 0.159. The first-order valence-corrected chi connectivity index (χ1v) is 7.86. The van der Waals surface area contributed by atoms with E-state index in [0.29, 0.717) is 10.8 Å². The van der Waals surface area contributed by atoms with E-state index in [2.05, 4.69) is 20.7 Å². The molecule has 0 atom stereocenters. The Bertz CT molecular complexity index is 992. The van der Waals surface area contributed by atoms with Crippen LogP contribution in [-0.4, -0.2) is 10.1 Å². The zero-order valence-electron chi connectivity index (χ0n) is 12.0. The number of hydrogen-bond donors (Lipinski definition) is 2. The van der Waals surface area contributed by atoms with Gasteiger partial charge in [0.2, 0.25) is 5.13 Å². The molecule has 0 bridgehead atoms. The van der Waals surface area contributed by atoms with Crippen LogP contribution in [0.1, 0.15) is 0 Å². The van der Waals surface area contributed by atoms with Crippen molar-refractivity contribution in [1.29, 1.82) is 0 Å². The van der Waals surface area contributed by atoms with Crippen LogP contribution in [0.2, 0.25) is 0 Å². The summed E-state index contributed by atoms with van der Waals surface area (Å²) in [6.45, 7) is 0. The number of para-hydroxylation sites is 1. The van der Waals surface area contributed by atoms with Crippen molar-refractivity contribution in [3.05, 3.63) is 60.7 Å². The van der Waals surface area contributed by atoms with Crippen molar-refractivity contribution < 1.29 is 5.11 Å². The fraction of sp³-hybridized carbons (Fsp3) is 0. The van der Waals surface area contributed by atoms with E-state index in [1.165, 1.54) is 11.3 Å². The van der Waals surface area contributed by atoms with Gasteiger partial charge in [0, 0.05) is 5.39 Å². The van der Waals surface area contributed by atoms with E-state index in [9.17, 15) is 5.11 Å². The van der Waals surface area contributed by atoms with Gasteiger partial charge in [-0.25, -0.2) is 4.98 Å². The SMILES string of the molecule is Oc1c(NN=Nc2nc3ccccc3s2)ccc2ccccc12. The van der Waals surface area contributed by atoms with Crippen molar-refractivity contribution in [2.75, 3.05) is 5.43 Å². The molecule has 0 aliphatic carbocycles. The average molecular weight is 320 g/mol. The van der Waals surface area contributed by atoms with Gasteiger partial charge in [-0.2, -0.15) is 0 Å². The van der Waals surface area contributed by atoms with Gasteiger partial charge in [0.25, 0.3) is 0 Å². The Morgan fingerprint density at radius 2 is 1.78 bits per heavy atom. The molecule has 4 rings (SSSR count). The smallest absolute Gasteiger partial charge is 0.232 e. The zero-order valence-corrected chi connectivity index (χ0v) is 12.8. The third kappa shape index (κ3) is 2.60. The molecule has 23 heavy (non-hydrogen) atoms. The lowest BCUT2D eigenvalue weighted by atomic mass is 10.1. The van der Waals surface area contributed by atoms with Gasteiger partial charge in [-0.1, -0.05) is 59.0 Å². The van der Waals surface area contributed by atoms with Crippen LogP contribution in [0.3, 0.4) is 0 Å². The number of anilines is 1. The van der Waals surface area contributed by atoms with Gasteiger partial charge in [-0.15, -0.1) is 5.11 Å². The summed E-state index contributed by atoms with van der Waals surface area (Å²) in [6, 6.07) is 19.2. The molecule has 6 heteroatoms. The van der Waals surface area contributed by atoms with Gasteiger partial charge in [0.1, 0.15) is 11.4 Å². The fourth-order valence-corrected chi connectivity index (χ4v) is 3.16. The molecule has 0 saturated heterocycles. The van der Waals surface area contributed by atoms with E-state index in [1.54, 1.807) is 6.07 Å². The Hall–Kier alpha value is -2.99. The van der Waals surface area contributed by atoms with Gasteiger partial charge < -0.3 is 5.11 Å². The van der Waals surface area contributed by atoms with Crippen molar-refractivity contribution in [3.8, 4) is 5.75 Å². The molecule has 112 valence electrons. The molecule has 5 nitrogen and oxygen atoms in total. The number of phenols is 1. The Balaban J connectivity index is 1.59. The largest absolute Gasteiger partial charge is 0.505 e. The van der Waals surface area contributed by atoms with Crippen LogP contribution in [0.15, 0.2) is 71.0 Å². The lowest BCUT2D eigenvalue weighted by molar-refractivity contribution is 0.483. The highest BCUT2D eigenvalue weighted by molar-refractivity contribution is 7.21. The number of fused-ring (bicyclic) bond motifs is 2. The van der Waals surface area contributed by atoms with E-state index in [-0.39, 0.29) is 5.75 Å². The van der Waals surface area contributed by atoms with Crippen molar-refractivity contribution in [2.24, 2.45) is 10.3 Å². The topological polar surface area (TPSA) is 69.9 Å². The summed E-state index contributed by atoms with van der Waals surface area (Å²) in [6.07, 6.45) is 0. The first-order valence-electron chi connectivity index (χ1n) is 7.04. The minimum Gasteiger partial charge on any atom is -0.505 e. The second-order valence-electron chi connectivity index (χ2n) is 4.96. The Labute approximate surface area is 135 Å². The second kappa shape index (κ2) is 5.66. The third-order valence-corrected chi connectivity index (χ3v) is 4.41. The molecule has 0 aliphatic rings. The van der Waals surface area contributed by atoms with Crippen molar-refractivity contribution in [1.82, 2.24) is 4.98 Å². The van der Waals surface area contributed by atoms with E-state index >= 15 is 0 Å². The number of aromatic nitrogens is 1. The lowest BCUT2D eigenvalue weighted by Crippen LogP contribution is -1.88. The molecule has 0 aliphatic heterocycles. The molecule has 2 N–H and O–H groups in total. The summed E-state index contributed by atoms with van der Waals surface area (Å²) in [5, 5.41) is 20.6. The molecule has 1 aromatic heterocycles. The van der Waals surface area contributed by atoms with Crippen LogP contribution >= 0.6 is 11.3 Å². The summed E-state index contributed by atoms with van der Waals surface area (Å²) in [4.78, 5) is 4.37. The number of rotatable bonds is 3. The molecule has 4 aromatic rings. The molecule has 3 aromatic carbocycles. The Kier molecular flexibility index (Phi) is 3.36. The fourth-order valence-electron chi connectivity index (χ4n) is 2.37. The first kappa shape index (κ1) is 13.7. The van der Waals surface area contributed by atoms with Crippen LogP contribution in [-0.2, 0) is 0 Å². The molecule has 0 fully saturated rings. The average Bonchev–Trinajstić information content (AvgIpc) is 3.00. The summed E-state index contributed by atoms with van der Waals surface area (Å²) in [7, 11) is 0. The molecule has 0 spiro atoms. The maximum Gasteiger partial charge on any atom is 0.232 e. The van der Waals surface area contributed by atoms with Crippen LogP contribution in [0.25, 0.3) is 21.0 Å². The highest BCUT2D eigenvalue weighted by Gasteiger charge is 2.05. The molecule has 0 unspecified atom stereocenters. The maximum atomic E-state index is 10.3. The quantitative estimate of drug-likeness (QED) is 0.307. The molecule has 1 heterocycles. The lowest BCUT2D eigenvalue weighted by Gasteiger charge is -2.06.